The van der Waals surface area contributed by atoms with Crippen LogP contribution in [0.25, 0.3) is 0 Å². The Morgan fingerprint density at radius 3 is 1.74 bits per heavy atom. The van der Waals surface area contributed by atoms with Crippen molar-refractivity contribution in [2.24, 2.45) is 11.8 Å². The average Bonchev–Trinajstić information content (AvgIpc) is 2.45. The Bertz CT molecular complexity index is 361. The van der Waals surface area contributed by atoms with E-state index in [1.807, 2.05) is 48.5 Å². The summed E-state index contributed by atoms with van der Waals surface area (Å²) in [5.41, 5.74) is 10.4. The number of carbonyl (C=O) groups is 2. The van der Waals surface area contributed by atoms with Crippen LogP contribution < -0.4 is 21.7 Å². The van der Waals surface area contributed by atoms with Crippen LogP contribution in [0, 0.1) is 11.8 Å². The van der Waals surface area contributed by atoms with Gasteiger partial charge < -0.3 is 9.47 Å². The van der Waals surface area contributed by atoms with Crippen molar-refractivity contribution in [2.45, 2.75) is 66.7 Å². The third kappa shape index (κ3) is 10.8. The summed E-state index contributed by atoms with van der Waals surface area (Å²) < 4.78 is 10.5. The third-order valence-corrected chi connectivity index (χ3v) is 2.86. The second-order valence-corrected chi connectivity index (χ2v) is 6.54. The van der Waals surface area contributed by atoms with Crippen molar-refractivity contribution >= 4 is 12.2 Å². The highest BCUT2D eigenvalue weighted by atomic mass is 16.6. The molecule has 8 heteroatoms. The van der Waals surface area contributed by atoms with Crippen LogP contribution >= 0.6 is 0 Å². The lowest BCUT2D eigenvalue weighted by Crippen LogP contribution is -2.46. The zero-order valence-electron chi connectivity index (χ0n) is 15.2. The van der Waals surface area contributed by atoms with Crippen LogP contribution in [0.3, 0.4) is 0 Å². The maximum Gasteiger partial charge on any atom is 0.421 e. The largest absolute Gasteiger partial charge is 0.448 e. The minimum atomic E-state index is -0.556. The molecule has 0 aromatic heterocycles. The second-order valence-electron chi connectivity index (χ2n) is 6.54. The van der Waals surface area contributed by atoms with Crippen LogP contribution in [0.4, 0.5) is 9.59 Å². The molecule has 0 aliphatic heterocycles. The van der Waals surface area contributed by atoms with E-state index in [2.05, 4.69) is 21.7 Å². The first kappa shape index (κ1) is 21.5. The van der Waals surface area contributed by atoms with Gasteiger partial charge >= 0.3 is 12.2 Å². The number of amides is 2. The maximum atomic E-state index is 11.8. The predicted molar refractivity (Wildman–Crippen MR) is 88.4 cm³/mol. The van der Waals surface area contributed by atoms with Crippen molar-refractivity contribution in [1.29, 1.82) is 0 Å². The lowest BCUT2D eigenvalue weighted by atomic mass is 9.95. The number of hydrogen-bond acceptors (Lipinski definition) is 6. The van der Waals surface area contributed by atoms with Crippen molar-refractivity contribution in [1.82, 2.24) is 21.7 Å². The molecule has 4 N–H and O–H groups in total. The van der Waals surface area contributed by atoms with Gasteiger partial charge in [-0.1, -0.05) is 20.8 Å². The van der Waals surface area contributed by atoms with Crippen molar-refractivity contribution in [3.05, 3.63) is 0 Å². The molecule has 2 unspecified atom stereocenters. The number of carbonyl (C=O) groups excluding carboxylic acids is 2. The van der Waals surface area contributed by atoms with Gasteiger partial charge in [0.1, 0.15) is 6.10 Å². The van der Waals surface area contributed by atoms with Crippen LogP contribution in [-0.4, -0.2) is 37.0 Å². The van der Waals surface area contributed by atoms with Gasteiger partial charge in [-0.25, -0.2) is 20.4 Å². The number of rotatable bonds is 9. The average molecular weight is 332 g/mol. The van der Waals surface area contributed by atoms with E-state index in [0.717, 1.165) is 0 Å². The van der Waals surface area contributed by atoms with E-state index in [4.69, 9.17) is 9.47 Å². The Hall–Kier alpha value is -1.54. The van der Waals surface area contributed by atoms with Crippen molar-refractivity contribution < 1.29 is 19.1 Å². The molecule has 23 heavy (non-hydrogen) atoms. The molecule has 8 nitrogen and oxygen atoms in total. The van der Waals surface area contributed by atoms with Crippen molar-refractivity contribution in [3.8, 4) is 0 Å². The molecule has 0 saturated carbocycles. The summed E-state index contributed by atoms with van der Waals surface area (Å²) in [5.74, 6) is -0.0418. The summed E-state index contributed by atoms with van der Waals surface area (Å²) in [5, 5.41) is 0. The fourth-order valence-corrected chi connectivity index (χ4v) is 1.81. The molecular formula is C15H32N4O4. The van der Waals surface area contributed by atoms with E-state index < -0.39 is 12.2 Å². The molecule has 0 radical (unpaired) electrons. The molecule has 2 amide bonds. The Morgan fingerprint density at radius 2 is 1.30 bits per heavy atom. The highest BCUT2D eigenvalue weighted by Gasteiger charge is 2.26. The van der Waals surface area contributed by atoms with E-state index in [1.165, 1.54) is 0 Å². The lowest BCUT2D eigenvalue weighted by Gasteiger charge is -2.27. The first-order valence-corrected chi connectivity index (χ1v) is 8.03. The minimum Gasteiger partial charge on any atom is -0.448 e. The van der Waals surface area contributed by atoms with Gasteiger partial charge in [0.05, 0.1) is 6.61 Å². The smallest absolute Gasteiger partial charge is 0.421 e. The van der Waals surface area contributed by atoms with Gasteiger partial charge in [-0.15, -0.1) is 0 Å². The summed E-state index contributed by atoms with van der Waals surface area (Å²) >= 11 is 0. The van der Waals surface area contributed by atoms with E-state index in [9.17, 15) is 9.59 Å². The molecule has 0 fully saturated rings. The zero-order chi connectivity index (χ0) is 18.0. The number of hydrazine groups is 2. The van der Waals surface area contributed by atoms with Gasteiger partial charge in [0, 0.05) is 18.0 Å². The molecule has 0 heterocycles. The summed E-state index contributed by atoms with van der Waals surface area (Å²) in [6, 6.07) is 0.224. The van der Waals surface area contributed by atoms with Gasteiger partial charge in [0.15, 0.2) is 0 Å². The highest BCUT2D eigenvalue weighted by Crippen LogP contribution is 2.17. The van der Waals surface area contributed by atoms with Gasteiger partial charge in [0.2, 0.25) is 0 Å². The number of nitrogens with one attached hydrogen (secondary N) is 4. The molecule has 0 bridgehead atoms. The van der Waals surface area contributed by atoms with Crippen LogP contribution in [0.5, 0.6) is 0 Å². The van der Waals surface area contributed by atoms with Gasteiger partial charge in [-0.2, -0.15) is 0 Å². The van der Waals surface area contributed by atoms with E-state index >= 15 is 0 Å². The monoisotopic (exact) mass is 332 g/mol. The van der Waals surface area contributed by atoms with Crippen LogP contribution in [0.2, 0.25) is 0 Å². The molecule has 0 aliphatic carbocycles. The van der Waals surface area contributed by atoms with E-state index in [0.29, 0.717) is 0 Å². The fraction of sp³-hybridized carbons (Fsp3) is 0.867. The zero-order valence-corrected chi connectivity index (χ0v) is 15.2. The van der Waals surface area contributed by atoms with Crippen LogP contribution in [0.1, 0.15) is 48.5 Å². The highest BCUT2D eigenvalue weighted by molar-refractivity contribution is 5.67. The third-order valence-electron chi connectivity index (χ3n) is 2.86. The Kier molecular flexibility index (Phi) is 10.3. The standard InChI is InChI=1S/C15H32N4O4/c1-9(2)13(23-15(21)19-17-11(5)6)12(7)8-22-14(20)18-16-10(3)4/h9-13,16-17H,8H2,1-7H3,(H,18,20)(H,19,21). The van der Waals surface area contributed by atoms with Crippen molar-refractivity contribution in [3.63, 3.8) is 0 Å². The summed E-state index contributed by atoms with van der Waals surface area (Å²) in [7, 11) is 0. The van der Waals surface area contributed by atoms with Gasteiger partial charge in [-0.05, 0) is 33.6 Å². The molecule has 0 aromatic rings. The molecule has 2 atom stereocenters. The maximum absolute atomic E-state index is 11.8. The Labute approximate surface area is 139 Å². The van der Waals surface area contributed by atoms with Crippen LogP contribution in [0.15, 0.2) is 0 Å². The Morgan fingerprint density at radius 1 is 0.826 bits per heavy atom. The second kappa shape index (κ2) is 11.1. The Balaban J connectivity index is 4.31. The summed E-state index contributed by atoms with van der Waals surface area (Å²) in [6.07, 6.45) is -1.47. The SMILES string of the molecule is CC(C)NNC(=O)OCC(C)C(OC(=O)NNC(C)C)C(C)C. The summed E-state index contributed by atoms with van der Waals surface area (Å²) in [6.45, 7) is 13.5. The molecule has 0 aromatic carbocycles. The number of hydrogen-bond donors (Lipinski definition) is 4. The topological polar surface area (TPSA) is 101 Å². The molecule has 0 spiro atoms. The molecule has 136 valence electrons. The first-order chi connectivity index (χ1) is 10.6. The van der Waals surface area contributed by atoms with E-state index in [1.54, 1.807) is 0 Å². The fourth-order valence-electron chi connectivity index (χ4n) is 1.81. The van der Waals surface area contributed by atoms with Crippen LogP contribution in [-0.2, 0) is 9.47 Å². The molecule has 0 rings (SSSR count). The van der Waals surface area contributed by atoms with Crippen molar-refractivity contribution in [2.75, 3.05) is 6.61 Å². The van der Waals surface area contributed by atoms with E-state index in [-0.39, 0.29) is 36.6 Å². The quantitative estimate of drug-likeness (QED) is 0.481. The summed E-state index contributed by atoms with van der Waals surface area (Å²) in [4.78, 5) is 23.3. The lowest BCUT2D eigenvalue weighted by molar-refractivity contribution is 0.0111. The number of ether oxygens (including phenoxy) is 2. The minimum absolute atomic E-state index is 0.0928. The molecular weight excluding hydrogens is 300 g/mol. The molecule has 0 saturated heterocycles. The normalized spacial score (nSPS) is 13.8. The molecule has 0 aliphatic rings. The first-order valence-electron chi connectivity index (χ1n) is 8.03. The van der Waals surface area contributed by atoms with Gasteiger partial charge in [-0.3, -0.25) is 10.9 Å². The van der Waals surface area contributed by atoms with Gasteiger partial charge in [0.25, 0.3) is 0 Å². The predicted octanol–water partition coefficient (Wildman–Crippen LogP) is 1.93.